The minimum atomic E-state index is -3.67. The fraction of sp³-hybridized carbons (Fsp3) is 0.500. The molecule has 0 heterocycles. The summed E-state index contributed by atoms with van der Waals surface area (Å²) in [4.78, 5) is 0.939. The molecule has 6 heteroatoms. The molecule has 0 aliphatic heterocycles. The molecule has 1 aromatic carbocycles. The van der Waals surface area contributed by atoms with Gasteiger partial charge in [-0.15, -0.1) is 12.6 Å². The molecule has 0 saturated heterocycles. The third kappa shape index (κ3) is 6.88. The average molecular weight is 290 g/mol. The van der Waals surface area contributed by atoms with E-state index in [0.717, 1.165) is 10.6 Å². The second-order valence-corrected chi connectivity index (χ2v) is 6.17. The first-order valence-electron chi connectivity index (χ1n) is 5.73. The molecule has 0 amide bonds. The van der Waals surface area contributed by atoms with E-state index in [0.29, 0.717) is 12.4 Å². The van der Waals surface area contributed by atoms with Crippen LogP contribution in [0.3, 0.4) is 0 Å². The summed E-state index contributed by atoms with van der Waals surface area (Å²) in [5, 5.41) is 0. The van der Waals surface area contributed by atoms with Gasteiger partial charge in [0.25, 0.3) is 10.1 Å². The van der Waals surface area contributed by atoms with Crippen molar-refractivity contribution in [3.63, 3.8) is 0 Å². The highest BCUT2D eigenvalue weighted by Gasteiger charge is 2.16. The van der Waals surface area contributed by atoms with Crippen LogP contribution in [0.2, 0.25) is 0 Å². The first-order chi connectivity index (χ1) is 8.36. The summed E-state index contributed by atoms with van der Waals surface area (Å²) in [6.07, 6.45) is 6.14. The van der Waals surface area contributed by atoms with Gasteiger partial charge in [0.05, 0.1) is 12.4 Å². The molecule has 1 aliphatic rings. The zero-order valence-electron chi connectivity index (χ0n) is 10.2. The van der Waals surface area contributed by atoms with Gasteiger partial charge in [0.2, 0.25) is 0 Å². The molecule has 18 heavy (non-hydrogen) atoms. The maximum atomic E-state index is 9.19. The molecule has 0 unspecified atom stereocenters. The lowest BCUT2D eigenvalue weighted by atomic mass is 10.3. The zero-order valence-corrected chi connectivity index (χ0v) is 12.0. The van der Waals surface area contributed by atoms with E-state index in [1.54, 1.807) is 0 Å². The summed E-state index contributed by atoms with van der Waals surface area (Å²) >= 11 is 4.35. The topological polar surface area (TPSA) is 63.6 Å². The molecule has 4 nitrogen and oxygen atoms in total. The summed E-state index contributed by atoms with van der Waals surface area (Å²) < 4.78 is 31.7. The highest BCUT2D eigenvalue weighted by Crippen LogP contribution is 2.27. The van der Waals surface area contributed by atoms with Crippen molar-refractivity contribution in [2.24, 2.45) is 0 Å². The normalized spacial score (nSPS) is 15.9. The van der Waals surface area contributed by atoms with Crippen LogP contribution in [0.5, 0.6) is 5.75 Å². The Balaban J connectivity index is 0.000000280. The van der Waals surface area contributed by atoms with Gasteiger partial charge in [-0.1, -0.05) is 12.1 Å². The predicted octanol–water partition coefficient (Wildman–Crippen LogP) is 2.80. The van der Waals surface area contributed by atoms with Gasteiger partial charge in [0.15, 0.2) is 0 Å². The molecule has 1 N–H and O–H groups in total. The lowest BCUT2D eigenvalue weighted by Crippen LogP contribution is -2.10. The molecule has 1 saturated carbocycles. The number of hydrogen-bond acceptors (Lipinski definition) is 4. The molecular formula is C12H18O4S2. The minimum Gasteiger partial charge on any atom is -0.489 e. The minimum absolute atomic E-state index is 0.424. The average Bonchev–Trinajstić information content (AvgIpc) is 2.72. The summed E-state index contributed by atoms with van der Waals surface area (Å²) in [6.45, 7) is 0. The standard InChI is InChI=1S/C11H14OS.CH4O3S/c13-11-8-4-3-7-10(11)12-9-5-1-2-6-9;1-5(2,3)4/h3-4,7-9,13H,1-2,5-6H2;1H3,(H,2,3,4). The first kappa shape index (κ1) is 15.3. The van der Waals surface area contributed by atoms with Crippen molar-refractivity contribution >= 4 is 22.7 Å². The molecule has 2 rings (SSSR count). The molecule has 102 valence electrons. The highest BCUT2D eigenvalue weighted by atomic mass is 32.2. The fourth-order valence-corrected chi connectivity index (χ4v) is 1.96. The Bertz CT molecular complexity index is 457. The maximum Gasteiger partial charge on any atom is 0.261 e. The van der Waals surface area contributed by atoms with E-state index < -0.39 is 10.1 Å². The van der Waals surface area contributed by atoms with Crippen molar-refractivity contribution in [3.8, 4) is 5.75 Å². The molecule has 0 radical (unpaired) electrons. The van der Waals surface area contributed by atoms with Crippen LogP contribution in [0.4, 0.5) is 0 Å². The SMILES string of the molecule is CS(=O)(=O)O.Sc1ccccc1OC1CCCC1. The van der Waals surface area contributed by atoms with Gasteiger partial charge >= 0.3 is 0 Å². The van der Waals surface area contributed by atoms with E-state index in [4.69, 9.17) is 9.29 Å². The van der Waals surface area contributed by atoms with Crippen LogP contribution in [0, 0.1) is 0 Å². The first-order valence-corrected chi connectivity index (χ1v) is 8.03. The molecule has 1 fully saturated rings. The van der Waals surface area contributed by atoms with Crippen molar-refractivity contribution in [3.05, 3.63) is 24.3 Å². The fourth-order valence-electron chi connectivity index (χ4n) is 1.74. The maximum absolute atomic E-state index is 9.19. The van der Waals surface area contributed by atoms with Crippen molar-refractivity contribution in [1.29, 1.82) is 0 Å². The molecule has 1 aliphatic carbocycles. The predicted molar refractivity (Wildman–Crippen MR) is 74.1 cm³/mol. The lowest BCUT2D eigenvalue weighted by molar-refractivity contribution is 0.205. The van der Waals surface area contributed by atoms with Gasteiger partial charge in [0, 0.05) is 4.90 Å². The third-order valence-electron chi connectivity index (χ3n) is 2.46. The number of rotatable bonds is 2. The second-order valence-electron chi connectivity index (χ2n) is 4.23. The van der Waals surface area contributed by atoms with Crippen LogP contribution in [-0.4, -0.2) is 25.3 Å². The second kappa shape index (κ2) is 7.01. The van der Waals surface area contributed by atoms with E-state index in [1.807, 2.05) is 24.3 Å². The summed E-state index contributed by atoms with van der Waals surface area (Å²) in [5.41, 5.74) is 0. The van der Waals surface area contributed by atoms with Crippen LogP contribution in [0.15, 0.2) is 29.2 Å². The Hall–Kier alpha value is -0.720. The van der Waals surface area contributed by atoms with E-state index in [2.05, 4.69) is 12.6 Å². The smallest absolute Gasteiger partial charge is 0.261 e. The molecule has 1 aromatic rings. The summed E-state index contributed by atoms with van der Waals surface area (Å²) in [6, 6.07) is 7.92. The van der Waals surface area contributed by atoms with Crippen molar-refractivity contribution in [2.75, 3.05) is 6.26 Å². The van der Waals surface area contributed by atoms with Crippen LogP contribution in [-0.2, 0) is 10.1 Å². The molecule has 0 atom stereocenters. The largest absolute Gasteiger partial charge is 0.489 e. The van der Waals surface area contributed by atoms with E-state index in [9.17, 15) is 8.42 Å². The zero-order chi connectivity index (χ0) is 13.6. The number of hydrogen-bond donors (Lipinski definition) is 2. The van der Waals surface area contributed by atoms with E-state index in [-0.39, 0.29) is 0 Å². The van der Waals surface area contributed by atoms with Gasteiger partial charge in [-0.2, -0.15) is 8.42 Å². The van der Waals surface area contributed by atoms with Gasteiger partial charge < -0.3 is 4.74 Å². The van der Waals surface area contributed by atoms with Gasteiger partial charge in [-0.25, -0.2) is 0 Å². The molecule has 0 aromatic heterocycles. The van der Waals surface area contributed by atoms with Gasteiger partial charge in [0.1, 0.15) is 5.75 Å². The van der Waals surface area contributed by atoms with Crippen LogP contribution >= 0.6 is 12.6 Å². The van der Waals surface area contributed by atoms with Gasteiger partial charge in [-0.05, 0) is 37.8 Å². The Kier molecular flexibility index (Phi) is 5.98. The van der Waals surface area contributed by atoms with Crippen molar-refractivity contribution < 1.29 is 17.7 Å². The van der Waals surface area contributed by atoms with Crippen LogP contribution in [0.1, 0.15) is 25.7 Å². The third-order valence-corrected chi connectivity index (χ3v) is 2.83. The Morgan fingerprint density at radius 2 is 1.78 bits per heavy atom. The Labute approximate surface area is 114 Å². The Morgan fingerprint density at radius 3 is 2.28 bits per heavy atom. The summed E-state index contributed by atoms with van der Waals surface area (Å²) in [7, 11) is -3.67. The van der Waals surface area contributed by atoms with Crippen molar-refractivity contribution in [1.82, 2.24) is 0 Å². The number of thiol groups is 1. The lowest BCUT2D eigenvalue weighted by Gasteiger charge is -2.14. The van der Waals surface area contributed by atoms with Crippen LogP contribution < -0.4 is 4.74 Å². The van der Waals surface area contributed by atoms with E-state index >= 15 is 0 Å². The number of ether oxygens (including phenoxy) is 1. The van der Waals surface area contributed by atoms with Crippen LogP contribution in [0.25, 0.3) is 0 Å². The number of benzene rings is 1. The number of para-hydroxylation sites is 1. The van der Waals surface area contributed by atoms with Crippen molar-refractivity contribution in [2.45, 2.75) is 36.7 Å². The molecular weight excluding hydrogens is 272 g/mol. The monoisotopic (exact) mass is 290 g/mol. The quantitative estimate of drug-likeness (QED) is 0.649. The molecule has 0 bridgehead atoms. The Morgan fingerprint density at radius 1 is 1.28 bits per heavy atom. The summed E-state index contributed by atoms with van der Waals surface area (Å²) in [5.74, 6) is 0.928. The highest BCUT2D eigenvalue weighted by molar-refractivity contribution is 7.85. The van der Waals surface area contributed by atoms with E-state index in [1.165, 1.54) is 25.7 Å². The molecule has 0 spiro atoms. The van der Waals surface area contributed by atoms with Gasteiger partial charge in [-0.3, -0.25) is 4.55 Å².